The minimum atomic E-state index is -0.121. The highest BCUT2D eigenvalue weighted by atomic mass is 16.5. The van der Waals surface area contributed by atoms with Crippen molar-refractivity contribution in [1.29, 1.82) is 0 Å². The van der Waals surface area contributed by atoms with Gasteiger partial charge in [0.25, 0.3) is 5.91 Å². The third-order valence-corrected chi connectivity index (χ3v) is 5.66. The van der Waals surface area contributed by atoms with Crippen LogP contribution in [0, 0.1) is 5.92 Å². The third-order valence-electron chi connectivity index (χ3n) is 5.66. The monoisotopic (exact) mass is 391 g/mol. The van der Waals surface area contributed by atoms with Crippen molar-refractivity contribution in [2.45, 2.75) is 38.6 Å². The normalized spacial score (nSPS) is 19.1. The number of rotatable bonds is 5. The molecule has 4 rings (SSSR count). The Hall–Kier alpha value is -3.08. The second-order valence-electron chi connectivity index (χ2n) is 7.73. The average Bonchev–Trinajstić information content (AvgIpc) is 2.75. The molecule has 5 nitrogen and oxygen atoms in total. The molecule has 1 aromatic heterocycles. The van der Waals surface area contributed by atoms with Crippen molar-refractivity contribution < 1.29 is 13.9 Å². The van der Waals surface area contributed by atoms with Crippen LogP contribution >= 0.6 is 0 Å². The van der Waals surface area contributed by atoms with Crippen LogP contribution in [0.25, 0.3) is 22.1 Å². The maximum atomic E-state index is 12.8. The molecule has 1 heterocycles. The molecule has 1 N–H and O–H groups in total. The van der Waals surface area contributed by atoms with Gasteiger partial charge in [-0.3, -0.25) is 9.59 Å². The number of fused-ring (bicyclic) bond motifs is 1. The van der Waals surface area contributed by atoms with Gasteiger partial charge in [-0.1, -0.05) is 50.1 Å². The molecular weight excluding hydrogens is 366 g/mol. The summed E-state index contributed by atoms with van der Waals surface area (Å²) in [5, 5.41) is 3.56. The quantitative estimate of drug-likeness (QED) is 0.694. The van der Waals surface area contributed by atoms with Crippen LogP contribution in [-0.2, 0) is 4.79 Å². The maximum Gasteiger partial charge on any atom is 0.258 e. The molecule has 2 atom stereocenters. The Morgan fingerprint density at radius 2 is 1.93 bits per heavy atom. The second-order valence-corrected chi connectivity index (χ2v) is 7.73. The molecule has 1 aliphatic rings. The molecule has 1 fully saturated rings. The van der Waals surface area contributed by atoms with Crippen LogP contribution in [0.1, 0.15) is 32.6 Å². The lowest BCUT2D eigenvalue weighted by atomic mass is 9.86. The van der Waals surface area contributed by atoms with Crippen LogP contribution < -0.4 is 15.5 Å². The molecule has 1 aliphatic carbocycles. The molecule has 0 radical (unpaired) electrons. The van der Waals surface area contributed by atoms with E-state index in [1.165, 1.54) is 12.7 Å². The highest BCUT2D eigenvalue weighted by Crippen LogP contribution is 2.24. The Morgan fingerprint density at radius 3 is 2.72 bits per heavy atom. The standard InChI is InChI=1S/C24H25NO4/c1-16-7-5-6-10-21(16)25-23(26)15-28-18-11-12-19-22(13-18)29-14-20(24(19)27)17-8-3-2-4-9-17/h2-4,8-9,11-14,16,21H,5-7,10,15H2,1H3,(H,25,26)/t16-,21+/m1/s1. The minimum Gasteiger partial charge on any atom is -0.484 e. The van der Waals surface area contributed by atoms with Crippen molar-refractivity contribution in [2.24, 2.45) is 5.92 Å². The molecule has 1 saturated carbocycles. The second kappa shape index (κ2) is 8.52. The zero-order valence-corrected chi connectivity index (χ0v) is 16.5. The fraction of sp³-hybridized carbons (Fsp3) is 0.333. The summed E-state index contributed by atoms with van der Waals surface area (Å²) in [6, 6.07) is 14.7. The van der Waals surface area contributed by atoms with E-state index in [0.29, 0.717) is 28.2 Å². The first kappa shape index (κ1) is 19.2. The number of hydrogen-bond donors (Lipinski definition) is 1. The summed E-state index contributed by atoms with van der Waals surface area (Å²) in [5.74, 6) is 0.881. The predicted molar refractivity (Wildman–Crippen MR) is 113 cm³/mol. The molecule has 0 aliphatic heterocycles. The number of amides is 1. The van der Waals surface area contributed by atoms with Gasteiger partial charge in [-0.25, -0.2) is 0 Å². The lowest BCUT2D eigenvalue weighted by molar-refractivity contribution is -0.124. The molecular formula is C24H25NO4. The van der Waals surface area contributed by atoms with E-state index in [4.69, 9.17) is 9.15 Å². The zero-order chi connectivity index (χ0) is 20.2. The lowest BCUT2D eigenvalue weighted by Gasteiger charge is -2.29. The molecule has 0 bridgehead atoms. The molecule has 1 amide bonds. The van der Waals surface area contributed by atoms with E-state index in [-0.39, 0.29) is 24.0 Å². The van der Waals surface area contributed by atoms with Crippen LogP contribution in [0.5, 0.6) is 5.75 Å². The van der Waals surface area contributed by atoms with E-state index in [0.717, 1.165) is 24.8 Å². The van der Waals surface area contributed by atoms with Gasteiger partial charge in [0.1, 0.15) is 17.6 Å². The molecule has 29 heavy (non-hydrogen) atoms. The first-order chi connectivity index (χ1) is 14.1. The number of carbonyl (C=O) groups is 1. The van der Waals surface area contributed by atoms with Crippen molar-refractivity contribution in [3.8, 4) is 16.9 Å². The third kappa shape index (κ3) is 4.34. The van der Waals surface area contributed by atoms with Crippen LogP contribution in [0.2, 0.25) is 0 Å². The van der Waals surface area contributed by atoms with Crippen LogP contribution in [0.4, 0.5) is 0 Å². The van der Waals surface area contributed by atoms with Gasteiger partial charge in [-0.05, 0) is 36.5 Å². The van der Waals surface area contributed by atoms with Gasteiger partial charge in [-0.2, -0.15) is 0 Å². The van der Waals surface area contributed by atoms with Gasteiger partial charge in [0.2, 0.25) is 0 Å². The Morgan fingerprint density at radius 1 is 1.14 bits per heavy atom. The molecule has 150 valence electrons. The highest BCUT2D eigenvalue weighted by molar-refractivity contribution is 5.83. The van der Waals surface area contributed by atoms with Crippen molar-refractivity contribution >= 4 is 16.9 Å². The smallest absolute Gasteiger partial charge is 0.258 e. The Balaban J connectivity index is 1.45. The van der Waals surface area contributed by atoms with E-state index >= 15 is 0 Å². The molecule has 2 aromatic carbocycles. The summed E-state index contributed by atoms with van der Waals surface area (Å²) in [7, 11) is 0. The first-order valence-electron chi connectivity index (χ1n) is 10.1. The highest BCUT2D eigenvalue weighted by Gasteiger charge is 2.22. The molecule has 3 aromatic rings. The largest absolute Gasteiger partial charge is 0.484 e. The van der Waals surface area contributed by atoms with E-state index in [1.54, 1.807) is 18.2 Å². The summed E-state index contributed by atoms with van der Waals surface area (Å²) in [5.41, 5.74) is 1.69. The summed E-state index contributed by atoms with van der Waals surface area (Å²) < 4.78 is 11.3. The number of benzene rings is 2. The van der Waals surface area contributed by atoms with Gasteiger partial charge < -0.3 is 14.5 Å². The molecule has 0 saturated heterocycles. The minimum absolute atomic E-state index is 0.0545. The summed E-state index contributed by atoms with van der Waals surface area (Å²) in [6.45, 7) is 2.13. The van der Waals surface area contributed by atoms with Gasteiger partial charge >= 0.3 is 0 Å². The molecule has 5 heteroatoms. The Kier molecular flexibility index (Phi) is 5.65. The Labute approximate surface area is 169 Å². The van der Waals surface area contributed by atoms with Crippen molar-refractivity contribution in [3.05, 3.63) is 65.0 Å². The SMILES string of the molecule is C[C@@H]1CCCC[C@@H]1NC(=O)COc1ccc2c(=O)c(-c3ccccc3)coc2c1. The van der Waals surface area contributed by atoms with E-state index < -0.39 is 0 Å². The fourth-order valence-electron chi connectivity index (χ4n) is 3.94. The van der Waals surface area contributed by atoms with Crippen molar-refractivity contribution in [1.82, 2.24) is 5.32 Å². The van der Waals surface area contributed by atoms with Gasteiger partial charge in [0.05, 0.1) is 10.9 Å². The van der Waals surface area contributed by atoms with Crippen molar-refractivity contribution in [3.63, 3.8) is 0 Å². The molecule has 0 unspecified atom stereocenters. The average molecular weight is 391 g/mol. The summed E-state index contributed by atoms with van der Waals surface area (Å²) in [6.07, 6.45) is 6.04. The van der Waals surface area contributed by atoms with Gasteiger partial charge in [0.15, 0.2) is 12.0 Å². The number of nitrogens with one attached hydrogen (secondary N) is 1. The Bertz CT molecular complexity index is 1060. The molecule has 0 spiro atoms. The first-order valence-corrected chi connectivity index (χ1v) is 10.1. The maximum absolute atomic E-state index is 12.8. The van der Waals surface area contributed by atoms with E-state index in [2.05, 4.69) is 12.2 Å². The lowest BCUT2D eigenvalue weighted by Crippen LogP contribution is -2.43. The van der Waals surface area contributed by atoms with Gasteiger partial charge in [-0.15, -0.1) is 0 Å². The number of ether oxygens (including phenoxy) is 1. The number of hydrogen-bond acceptors (Lipinski definition) is 4. The van der Waals surface area contributed by atoms with Crippen LogP contribution in [0.15, 0.2) is 64.0 Å². The number of carbonyl (C=O) groups excluding carboxylic acids is 1. The summed E-state index contributed by atoms with van der Waals surface area (Å²) in [4.78, 5) is 25.0. The zero-order valence-electron chi connectivity index (χ0n) is 16.5. The van der Waals surface area contributed by atoms with Gasteiger partial charge in [0, 0.05) is 12.1 Å². The predicted octanol–water partition coefficient (Wildman–Crippen LogP) is 4.53. The van der Waals surface area contributed by atoms with Crippen molar-refractivity contribution in [2.75, 3.05) is 6.61 Å². The van der Waals surface area contributed by atoms with E-state index in [1.807, 2.05) is 30.3 Å². The van der Waals surface area contributed by atoms with Crippen LogP contribution in [0.3, 0.4) is 0 Å². The topological polar surface area (TPSA) is 68.5 Å². The van der Waals surface area contributed by atoms with Crippen LogP contribution in [-0.4, -0.2) is 18.6 Å². The fourth-order valence-corrected chi connectivity index (χ4v) is 3.94. The van der Waals surface area contributed by atoms with E-state index in [9.17, 15) is 9.59 Å². The summed E-state index contributed by atoms with van der Waals surface area (Å²) >= 11 is 0.